The first kappa shape index (κ1) is 6.05. The van der Waals surface area contributed by atoms with Crippen molar-refractivity contribution in [2.45, 2.75) is 25.4 Å². The highest BCUT2D eigenvalue weighted by molar-refractivity contribution is 4.73. The van der Waals surface area contributed by atoms with Crippen LogP contribution in [0.1, 0.15) is 19.3 Å². The topological polar surface area (TPSA) is 40.5 Å². The summed E-state index contributed by atoms with van der Waals surface area (Å²) < 4.78 is 0. The van der Waals surface area contributed by atoms with Crippen LogP contribution >= 0.6 is 0 Å². The Kier molecular flexibility index (Phi) is 1.86. The van der Waals surface area contributed by atoms with Gasteiger partial charge in [0.15, 0.2) is 0 Å². The van der Waals surface area contributed by atoms with Crippen molar-refractivity contribution in [2.75, 3.05) is 6.61 Å². The Balaban J connectivity index is 2.22. The van der Waals surface area contributed by atoms with Crippen molar-refractivity contribution in [3.8, 4) is 0 Å². The summed E-state index contributed by atoms with van der Waals surface area (Å²) in [5.41, 5.74) is 0. The minimum absolute atomic E-state index is 0.132. The zero-order valence-corrected chi connectivity index (χ0v) is 4.88. The molecule has 2 heteroatoms. The SMILES string of the molecule is OC[C@@H]1CC[C@H](O)C1. The lowest BCUT2D eigenvalue weighted by Gasteiger charge is -2.00. The molecule has 0 saturated heterocycles. The Labute approximate surface area is 49.1 Å². The average molecular weight is 116 g/mol. The quantitative estimate of drug-likeness (QED) is 0.511. The number of hydrogen-bond acceptors (Lipinski definition) is 2. The fraction of sp³-hybridized carbons (Fsp3) is 1.00. The summed E-state index contributed by atoms with van der Waals surface area (Å²) in [6.45, 7) is 0.247. The van der Waals surface area contributed by atoms with Gasteiger partial charge in [0.05, 0.1) is 6.10 Å². The summed E-state index contributed by atoms with van der Waals surface area (Å²) in [7, 11) is 0. The lowest BCUT2D eigenvalue weighted by atomic mass is 10.1. The minimum atomic E-state index is -0.132. The van der Waals surface area contributed by atoms with Crippen LogP contribution in [0, 0.1) is 5.92 Å². The van der Waals surface area contributed by atoms with Gasteiger partial charge in [-0.05, 0) is 25.2 Å². The van der Waals surface area contributed by atoms with Crippen LogP contribution in [0.4, 0.5) is 0 Å². The first-order valence-corrected chi connectivity index (χ1v) is 3.12. The van der Waals surface area contributed by atoms with E-state index in [9.17, 15) is 0 Å². The van der Waals surface area contributed by atoms with E-state index in [1.807, 2.05) is 0 Å². The van der Waals surface area contributed by atoms with E-state index in [-0.39, 0.29) is 12.7 Å². The molecule has 0 aliphatic heterocycles. The van der Waals surface area contributed by atoms with Crippen LogP contribution in [0.3, 0.4) is 0 Å². The Morgan fingerprint density at radius 1 is 1.38 bits per heavy atom. The van der Waals surface area contributed by atoms with Crippen molar-refractivity contribution < 1.29 is 10.2 Å². The van der Waals surface area contributed by atoms with Gasteiger partial charge in [-0.25, -0.2) is 0 Å². The fourth-order valence-electron chi connectivity index (χ4n) is 1.21. The molecule has 0 spiro atoms. The largest absolute Gasteiger partial charge is 0.396 e. The smallest absolute Gasteiger partial charge is 0.0543 e. The van der Waals surface area contributed by atoms with Gasteiger partial charge in [0.25, 0.3) is 0 Å². The van der Waals surface area contributed by atoms with Crippen molar-refractivity contribution >= 4 is 0 Å². The molecule has 1 rings (SSSR count). The number of aliphatic hydroxyl groups is 2. The maximum absolute atomic E-state index is 8.92. The van der Waals surface area contributed by atoms with Crippen molar-refractivity contribution in [1.29, 1.82) is 0 Å². The first-order chi connectivity index (χ1) is 3.83. The third-order valence-electron chi connectivity index (χ3n) is 1.77. The first-order valence-electron chi connectivity index (χ1n) is 3.12. The van der Waals surface area contributed by atoms with E-state index in [1.54, 1.807) is 0 Å². The summed E-state index contributed by atoms with van der Waals surface area (Å²) in [5, 5.41) is 17.5. The third kappa shape index (κ3) is 1.20. The van der Waals surface area contributed by atoms with Crippen molar-refractivity contribution in [1.82, 2.24) is 0 Å². The van der Waals surface area contributed by atoms with Gasteiger partial charge in [-0.2, -0.15) is 0 Å². The minimum Gasteiger partial charge on any atom is -0.396 e. The summed E-state index contributed by atoms with van der Waals surface area (Å²) in [4.78, 5) is 0. The second kappa shape index (κ2) is 2.46. The number of rotatable bonds is 1. The van der Waals surface area contributed by atoms with Gasteiger partial charge in [-0.15, -0.1) is 0 Å². The zero-order valence-electron chi connectivity index (χ0n) is 4.88. The molecular weight excluding hydrogens is 104 g/mol. The van der Waals surface area contributed by atoms with Gasteiger partial charge in [0, 0.05) is 6.61 Å². The van der Waals surface area contributed by atoms with Crippen LogP contribution in [0.2, 0.25) is 0 Å². The van der Waals surface area contributed by atoms with Crippen molar-refractivity contribution in [3.05, 3.63) is 0 Å². The Hall–Kier alpha value is -0.0800. The molecule has 2 N–H and O–H groups in total. The van der Waals surface area contributed by atoms with Crippen molar-refractivity contribution in [2.24, 2.45) is 5.92 Å². The van der Waals surface area contributed by atoms with Crippen LogP contribution in [-0.4, -0.2) is 22.9 Å². The highest BCUT2D eigenvalue weighted by Gasteiger charge is 2.21. The highest BCUT2D eigenvalue weighted by Crippen LogP contribution is 2.24. The highest BCUT2D eigenvalue weighted by atomic mass is 16.3. The van der Waals surface area contributed by atoms with E-state index in [4.69, 9.17) is 10.2 Å². The Morgan fingerprint density at radius 3 is 2.38 bits per heavy atom. The molecule has 0 heterocycles. The number of hydrogen-bond donors (Lipinski definition) is 2. The summed E-state index contributed by atoms with van der Waals surface area (Å²) >= 11 is 0. The van der Waals surface area contributed by atoms with E-state index in [0.29, 0.717) is 5.92 Å². The molecule has 0 aromatic rings. The van der Waals surface area contributed by atoms with Gasteiger partial charge in [0.2, 0.25) is 0 Å². The molecule has 0 bridgehead atoms. The molecule has 0 amide bonds. The lowest BCUT2D eigenvalue weighted by molar-refractivity contribution is 0.163. The molecule has 1 aliphatic rings. The predicted molar refractivity (Wildman–Crippen MR) is 30.4 cm³/mol. The maximum atomic E-state index is 8.92. The monoisotopic (exact) mass is 116 g/mol. The Bertz CT molecular complexity index is 72.9. The zero-order chi connectivity index (χ0) is 5.98. The molecule has 8 heavy (non-hydrogen) atoms. The predicted octanol–water partition coefficient (Wildman–Crippen LogP) is 0.140. The van der Waals surface area contributed by atoms with Crippen molar-refractivity contribution in [3.63, 3.8) is 0 Å². The molecule has 0 unspecified atom stereocenters. The van der Waals surface area contributed by atoms with Crippen LogP contribution in [0.5, 0.6) is 0 Å². The molecule has 1 saturated carbocycles. The van der Waals surface area contributed by atoms with Crippen LogP contribution in [-0.2, 0) is 0 Å². The van der Waals surface area contributed by atoms with Gasteiger partial charge < -0.3 is 10.2 Å². The van der Waals surface area contributed by atoms with E-state index in [2.05, 4.69) is 0 Å². The van der Waals surface area contributed by atoms with E-state index < -0.39 is 0 Å². The molecular formula is C6H12O2. The second-order valence-electron chi connectivity index (χ2n) is 2.52. The van der Waals surface area contributed by atoms with Crippen LogP contribution < -0.4 is 0 Å². The van der Waals surface area contributed by atoms with E-state index in [1.165, 1.54) is 0 Å². The fourth-order valence-corrected chi connectivity index (χ4v) is 1.21. The van der Waals surface area contributed by atoms with Gasteiger partial charge in [0.1, 0.15) is 0 Å². The second-order valence-corrected chi connectivity index (χ2v) is 2.52. The summed E-state index contributed by atoms with van der Waals surface area (Å²) in [5.74, 6) is 0.380. The third-order valence-corrected chi connectivity index (χ3v) is 1.77. The van der Waals surface area contributed by atoms with Gasteiger partial charge in [-0.1, -0.05) is 0 Å². The molecule has 0 radical (unpaired) electrons. The van der Waals surface area contributed by atoms with Gasteiger partial charge >= 0.3 is 0 Å². The van der Waals surface area contributed by atoms with Crippen LogP contribution in [0.25, 0.3) is 0 Å². The lowest BCUT2D eigenvalue weighted by Crippen LogP contribution is -2.03. The molecule has 1 aliphatic carbocycles. The summed E-state index contributed by atoms with van der Waals surface area (Å²) in [6, 6.07) is 0. The molecule has 0 aromatic heterocycles. The molecule has 0 aromatic carbocycles. The van der Waals surface area contributed by atoms with E-state index in [0.717, 1.165) is 19.3 Å². The standard InChI is InChI=1S/C6H12O2/c7-4-5-1-2-6(8)3-5/h5-8H,1-4H2/t5-,6+/m1/s1. The summed E-state index contributed by atoms with van der Waals surface area (Å²) in [6.07, 6.45) is 2.55. The van der Waals surface area contributed by atoms with Crippen LogP contribution in [0.15, 0.2) is 0 Å². The molecule has 2 nitrogen and oxygen atoms in total. The maximum Gasteiger partial charge on any atom is 0.0543 e. The Morgan fingerprint density at radius 2 is 2.12 bits per heavy atom. The van der Waals surface area contributed by atoms with Gasteiger partial charge in [-0.3, -0.25) is 0 Å². The normalized spacial score (nSPS) is 38.2. The number of aliphatic hydroxyl groups excluding tert-OH is 2. The molecule has 1 fully saturated rings. The molecule has 2 atom stereocenters. The van der Waals surface area contributed by atoms with E-state index >= 15 is 0 Å². The molecule has 48 valence electrons. The average Bonchev–Trinajstić information content (AvgIpc) is 2.14.